The maximum absolute atomic E-state index is 13.1. The molecule has 1 aliphatic heterocycles. The Balaban J connectivity index is 2.33. The van der Waals surface area contributed by atoms with E-state index in [0.717, 1.165) is 0 Å². The number of rotatable bonds is 3. The first-order chi connectivity index (χ1) is 8.61. The van der Waals surface area contributed by atoms with E-state index in [4.69, 9.17) is 5.26 Å². The van der Waals surface area contributed by atoms with Gasteiger partial charge in [-0.2, -0.15) is 0 Å². The lowest BCUT2D eigenvalue weighted by atomic mass is 10.3. The summed E-state index contributed by atoms with van der Waals surface area (Å²) in [5, 5.41) is 13.7. The number of pyridine rings is 1. The van der Waals surface area contributed by atoms with E-state index in [1.54, 1.807) is 12.1 Å². The number of amidine groups is 1. The lowest BCUT2D eigenvalue weighted by Crippen LogP contribution is -2.45. The molecule has 94 valence electrons. The molecule has 7 nitrogen and oxygen atoms in total. The first kappa shape index (κ1) is 12.1. The monoisotopic (exact) mass is 250 g/mol. The zero-order valence-corrected chi connectivity index (χ0v) is 9.83. The molecule has 2 heterocycles. The van der Waals surface area contributed by atoms with E-state index in [0.29, 0.717) is 11.5 Å². The number of hydrazone groups is 1. The molecule has 0 amide bonds. The van der Waals surface area contributed by atoms with Crippen molar-refractivity contribution in [3.63, 3.8) is 0 Å². The van der Waals surface area contributed by atoms with Crippen molar-refractivity contribution in [2.45, 2.75) is 19.9 Å². The second kappa shape index (κ2) is 4.85. The molecule has 1 N–H and O–H groups in total. The summed E-state index contributed by atoms with van der Waals surface area (Å²) in [6.07, 6.45) is 1.53. The predicted molar refractivity (Wildman–Crippen MR) is 60.1 cm³/mol. The maximum atomic E-state index is 13.1. The SMILES string of the molecule is CC(C)N1NN(F)N=C1c1cccc(OC#N)n1. The zero-order chi connectivity index (χ0) is 13.1. The molecular weight excluding hydrogens is 239 g/mol. The number of hydrogen-bond donors (Lipinski definition) is 1. The van der Waals surface area contributed by atoms with Crippen LogP contribution in [-0.2, 0) is 0 Å². The van der Waals surface area contributed by atoms with Gasteiger partial charge in [-0.05, 0) is 25.3 Å². The molecule has 2 rings (SSSR count). The molecule has 0 saturated heterocycles. The minimum absolute atomic E-state index is 0.0214. The summed E-state index contributed by atoms with van der Waals surface area (Å²) < 4.78 is 17.7. The first-order valence-electron chi connectivity index (χ1n) is 5.25. The van der Waals surface area contributed by atoms with E-state index in [-0.39, 0.29) is 17.3 Å². The van der Waals surface area contributed by atoms with Gasteiger partial charge in [-0.15, -0.1) is 10.4 Å². The van der Waals surface area contributed by atoms with Crippen molar-refractivity contribution < 1.29 is 9.22 Å². The molecule has 8 heteroatoms. The van der Waals surface area contributed by atoms with Crippen molar-refractivity contribution in [2.24, 2.45) is 5.10 Å². The van der Waals surface area contributed by atoms with Gasteiger partial charge in [0, 0.05) is 12.1 Å². The van der Waals surface area contributed by atoms with Crippen LogP contribution in [0.5, 0.6) is 5.88 Å². The number of nitrogens with zero attached hydrogens (tertiary/aromatic N) is 5. The molecule has 1 aliphatic rings. The Labute approximate surface area is 103 Å². The fourth-order valence-electron chi connectivity index (χ4n) is 1.47. The second-order valence-electron chi connectivity index (χ2n) is 3.80. The van der Waals surface area contributed by atoms with Crippen LogP contribution in [0, 0.1) is 11.5 Å². The number of hydrazine groups is 2. The van der Waals surface area contributed by atoms with E-state index >= 15 is 0 Å². The van der Waals surface area contributed by atoms with Crippen LogP contribution in [0.15, 0.2) is 23.3 Å². The molecule has 0 bridgehead atoms. The summed E-state index contributed by atoms with van der Waals surface area (Å²) in [4.78, 5) is 4.06. The van der Waals surface area contributed by atoms with Crippen molar-refractivity contribution in [1.29, 1.82) is 5.26 Å². The highest BCUT2D eigenvalue weighted by molar-refractivity contribution is 5.97. The largest absolute Gasteiger partial charge is 0.367 e. The lowest BCUT2D eigenvalue weighted by Gasteiger charge is -2.22. The van der Waals surface area contributed by atoms with E-state index in [1.807, 2.05) is 13.8 Å². The van der Waals surface area contributed by atoms with E-state index in [2.05, 4.69) is 20.4 Å². The van der Waals surface area contributed by atoms with Gasteiger partial charge in [0.15, 0.2) is 5.84 Å². The molecule has 0 atom stereocenters. The standard InChI is InChI=1S/C10H11FN6O/c1-7(2)16-10(14-17(11)15-16)8-4-3-5-9(13-8)18-6-12/h3-5,7,15H,1-2H3. The highest BCUT2D eigenvalue weighted by atomic mass is 19.2. The molecule has 1 aromatic heterocycles. The topological polar surface area (TPSA) is 76.8 Å². The van der Waals surface area contributed by atoms with Crippen molar-refractivity contribution in [3.8, 4) is 12.1 Å². The quantitative estimate of drug-likeness (QED) is 0.635. The molecule has 0 aromatic carbocycles. The molecule has 0 spiro atoms. The summed E-state index contributed by atoms with van der Waals surface area (Å²) in [5.41, 5.74) is 2.81. The predicted octanol–water partition coefficient (Wildman–Crippen LogP) is 0.933. The van der Waals surface area contributed by atoms with Gasteiger partial charge in [0.1, 0.15) is 5.69 Å². The van der Waals surface area contributed by atoms with Crippen LogP contribution >= 0.6 is 0 Å². The van der Waals surface area contributed by atoms with Gasteiger partial charge >= 0.3 is 0 Å². The Hall–Kier alpha value is -2.40. The van der Waals surface area contributed by atoms with E-state index in [9.17, 15) is 4.48 Å². The van der Waals surface area contributed by atoms with Crippen LogP contribution in [0.1, 0.15) is 19.5 Å². The minimum atomic E-state index is -0.0214. The van der Waals surface area contributed by atoms with Gasteiger partial charge in [-0.25, -0.2) is 4.98 Å². The van der Waals surface area contributed by atoms with Crippen LogP contribution in [0.25, 0.3) is 0 Å². The molecule has 0 unspecified atom stereocenters. The first-order valence-corrected chi connectivity index (χ1v) is 5.25. The van der Waals surface area contributed by atoms with Crippen LogP contribution < -0.4 is 10.3 Å². The smallest absolute Gasteiger partial charge is 0.293 e. The summed E-state index contributed by atoms with van der Waals surface area (Å²) >= 11 is 0. The highest BCUT2D eigenvalue weighted by Gasteiger charge is 2.27. The van der Waals surface area contributed by atoms with E-state index in [1.165, 1.54) is 17.3 Å². The Bertz CT molecular complexity index is 511. The van der Waals surface area contributed by atoms with Crippen molar-refractivity contribution in [2.75, 3.05) is 0 Å². The van der Waals surface area contributed by atoms with Gasteiger partial charge in [0.25, 0.3) is 6.26 Å². The third-order valence-electron chi connectivity index (χ3n) is 2.22. The number of ether oxygens (including phenoxy) is 1. The molecule has 1 aromatic rings. The van der Waals surface area contributed by atoms with Crippen molar-refractivity contribution >= 4 is 5.84 Å². The van der Waals surface area contributed by atoms with Gasteiger partial charge in [0.2, 0.25) is 5.88 Å². The Morgan fingerprint density at radius 2 is 2.28 bits per heavy atom. The Kier molecular flexibility index (Phi) is 3.25. The van der Waals surface area contributed by atoms with E-state index < -0.39 is 0 Å². The average molecular weight is 250 g/mol. The third kappa shape index (κ3) is 2.31. The third-order valence-corrected chi connectivity index (χ3v) is 2.22. The molecule has 0 fully saturated rings. The maximum Gasteiger partial charge on any atom is 0.293 e. The van der Waals surface area contributed by atoms with Gasteiger partial charge < -0.3 is 4.74 Å². The van der Waals surface area contributed by atoms with Gasteiger partial charge in [-0.3, -0.25) is 5.01 Å². The fraction of sp³-hybridized carbons (Fsp3) is 0.300. The normalized spacial score (nSPS) is 14.7. The Morgan fingerprint density at radius 3 is 2.94 bits per heavy atom. The number of nitriles is 1. The number of aromatic nitrogens is 1. The second-order valence-corrected chi connectivity index (χ2v) is 3.80. The van der Waals surface area contributed by atoms with Gasteiger partial charge in [0.05, 0.1) is 0 Å². The molecule has 0 radical (unpaired) electrons. The molecule has 0 aliphatic carbocycles. The minimum Gasteiger partial charge on any atom is -0.367 e. The highest BCUT2D eigenvalue weighted by Crippen LogP contribution is 2.15. The average Bonchev–Trinajstić information content (AvgIpc) is 2.72. The molecular formula is C10H11FN6O. The fourth-order valence-corrected chi connectivity index (χ4v) is 1.47. The van der Waals surface area contributed by atoms with Crippen LogP contribution in [-0.4, -0.2) is 27.2 Å². The number of nitrogens with one attached hydrogen (secondary N) is 1. The van der Waals surface area contributed by atoms with Gasteiger partial charge in [-0.1, -0.05) is 16.1 Å². The number of hydrogen-bond acceptors (Lipinski definition) is 7. The summed E-state index contributed by atoms with van der Waals surface area (Å²) in [5.74, 6) is 0.453. The zero-order valence-electron chi connectivity index (χ0n) is 9.83. The van der Waals surface area contributed by atoms with Crippen LogP contribution in [0.4, 0.5) is 4.48 Å². The van der Waals surface area contributed by atoms with Crippen LogP contribution in [0.2, 0.25) is 0 Å². The summed E-state index contributed by atoms with van der Waals surface area (Å²) in [7, 11) is 0. The summed E-state index contributed by atoms with van der Waals surface area (Å²) in [6.45, 7) is 3.74. The van der Waals surface area contributed by atoms with Crippen molar-refractivity contribution in [1.82, 2.24) is 20.9 Å². The lowest BCUT2D eigenvalue weighted by molar-refractivity contribution is -0.0691. The van der Waals surface area contributed by atoms with Crippen molar-refractivity contribution in [3.05, 3.63) is 23.9 Å². The van der Waals surface area contributed by atoms with Crippen LogP contribution in [0.3, 0.4) is 0 Å². The Morgan fingerprint density at radius 1 is 1.50 bits per heavy atom. The molecule has 0 saturated carbocycles. The molecule has 18 heavy (non-hydrogen) atoms. The summed E-state index contributed by atoms with van der Waals surface area (Å²) in [6, 6.07) is 4.81. The number of halogens is 1.